The molecule has 1 fully saturated rings. The van der Waals surface area contributed by atoms with Crippen LogP contribution in [0.25, 0.3) is 10.9 Å². The van der Waals surface area contributed by atoms with Gasteiger partial charge < -0.3 is 20.1 Å². The van der Waals surface area contributed by atoms with E-state index in [1.807, 2.05) is 55.1 Å². The second-order valence-corrected chi connectivity index (χ2v) is 8.36. The molecule has 2 aromatic rings. The van der Waals surface area contributed by atoms with Gasteiger partial charge in [0, 0.05) is 48.0 Å². The van der Waals surface area contributed by atoms with E-state index >= 15 is 0 Å². The van der Waals surface area contributed by atoms with Gasteiger partial charge in [0.15, 0.2) is 0 Å². The fraction of sp³-hybridized carbons (Fsp3) is 0.524. The van der Waals surface area contributed by atoms with Gasteiger partial charge >= 0.3 is 0 Å². The summed E-state index contributed by atoms with van der Waals surface area (Å²) in [7, 11) is 3.98. The number of rotatable bonds is 6. The molecule has 1 atom stereocenters. The number of likely N-dealkylation sites (N-methyl/N-ethyl adjacent to an activating group) is 1. The Kier molecular flexibility index (Phi) is 6.62. The van der Waals surface area contributed by atoms with E-state index in [1.165, 1.54) is 0 Å². The molecule has 2 heterocycles. The van der Waals surface area contributed by atoms with Crippen LogP contribution in [-0.2, 0) is 4.79 Å². The standard InChI is InChI=1S/C21H29ClN4O2/c1-14(20(27)23-8-11-25(2)3)15-6-9-26(10-7-15)21(28)19-13-16-12-17(22)4-5-18(16)24-19/h4-5,12-15,24H,6-11H2,1-3H3,(H,23,27). The van der Waals surface area contributed by atoms with Crippen molar-refractivity contribution in [1.29, 1.82) is 0 Å². The molecule has 152 valence electrons. The Labute approximate surface area is 171 Å². The molecule has 1 aliphatic rings. The highest BCUT2D eigenvalue weighted by Crippen LogP contribution is 2.27. The molecule has 0 spiro atoms. The largest absolute Gasteiger partial charge is 0.355 e. The van der Waals surface area contributed by atoms with Gasteiger partial charge in [0.05, 0.1) is 0 Å². The Balaban J connectivity index is 1.53. The molecular formula is C21H29ClN4O2. The van der Waals surface area contributed by atoms with Crippen molar-refractivity contribution in [3.63, 3.8) is 0 Å². The lowest BCUT2D eigenvalue weighted by Gasteiger charge is -2.34. The van der Waals surface area contributed by atoms with Gasteiger partial charge in [0.2, 0.25) is 5.91 Å². The second kappa shape index (κ2) is 8.97. The molecule has 0 bridgehead atoms. The number of benzene rings is 1. The smallest absolute Gasteiger partial charge is 0.270 e. The zero-order valence-electron chi connectivity index (χ0n) is 16.8. The van der Waals surface area contributed by atoms with Crippen molar-refractivity contribution in [3.05, 3.63) is 35.0 Å². The molecule has 6 nitrogen and oxygen atoms in total. The zero-order valence-corrected chi connectivity index (χ0v) is 17.6. The lowest BCUT2D eigenvalue weighted by Crippen LogP contribution is -2.43. The highest BCUT2D eigenvalue weighted by Gasteiger charge is 2.30. The number of likely N-dealkylation sites (tertiary alicyclic amines) is 1. The number of carbonyl (C=O) groups is 2. The SMILES string of the molecule is CC(C(=O)NCCN(C)C)C1CCN(C(=O)c2cc3cc(Cl)ccc3[nH]2)CC1. The van der Waals surface area contributed by atoms with Crippen LogP contribution in [0.5, 0.6) is 0 Å². The molecule has 2 N–H and O–H groups in total. The number of hydrogen-bond acceptors (Lipinski definition) is 3. The van der Waals surface area contributed by atoms with Gasteiger partial charge in [-0.25, -0.2) is 0 Å². The van der Waals surface area contributed by atoms with Crippen LogP contribution in [0.3, 0.4) is 0 Å². The maximum Gasteiger partial charge on any atom is 0.270 e. The first-order chi connectivity index (χ1) is 13.3. The summed E-state index contributed by atoms with van der Waals surface area (Å²) in [5.74, 6) is 0.396. The number of aromatic nitrogens is 1. The molecule has 2 amide bonds. The van der Waals surface area contributed by atoms with Crippen LogP contribution >= 0.6 is 11.6 Å². The molecule has 3 rings (SSSR count). The summed E-state index contributed by atoms with van der Waals surface area (Å²) >= 11 is 6.03. The van der Waals surface area contributed by atoms with Crippen molar-refractivity contribution < 1.29 is 9.59 Å². The van der Waals surface area contributed by atoms with Crippen LogP contribution in [0.15, 0.2) is 24.3 Å². The number of aromatic amines is 1. The average molecular weight is 405 g/mol. The summed E-state index contributed by atoms with van der Waals surface area (Å²) in [4.78, 5) is 32.3. The minimum atomic E-state index is -0.0327. The highest BCUT2D eigenvalue weighted by atomic mass is 35.5. The van der Waals surface area contributed by atoms with E-state index in [2.05, 4.69) is 10.3 Å². The highest BCUT2D eigenvalue weighted by molar-refractivity contribution is 6.31. The van der Waals surface area contributed by atoms with E-state index in [4.69, 9.17) is 11.6 Å². The molecule has 0 saturated carbocycles. The quantitative estimate of drug-likeness (QED) is 0.777. The van der Waals surface area contributed by atoms with E-state index in [0.29, 0.717) is 36.3 Å². The molecule has 7 heteroatoms. The first kappa shape index (κ1) is 20.7. The maximum absolute atomic E-state index is 12.8. The molecule has 1 unspecified atom stereocenters. The lowest BCUT2D eigenvalue weighted by molar-refractivity contribution is -0.126. The van der Waals surface area contributed by atoms with Gasteiger partial charge in [-0.05, 0) is 57.1 Å². The van der Waals surface area contributed by atoms with Crippen LogP contribution in [0.1, 0.15) is 30.3 Å². The number of fused-ring (bicyclic) bond motifs is 1. The van der Waals surface area contributed by atoms with Crippen molar-refractivity contribution in [3.8, 4) is 0 Å². The fourth-order valence-electron chi connectivity index (χ4n) is 3.77. The molecular weight excluding hydrogens is 376 g/mol. The van der Waals surface area contributed by atoms with Gasteiger partial charge in [-0.2, -0.15) is 0 Å². The van der Waals surface area contributed by atoms with Crippen molar-refractivity contribution in [2.45, 2.75) is 19.8 Å². The van der Waals surface area contributed by atoms with Crippen LogP contribution in [0, 0.1) is 11.8 Å². The minimum absolute atomic E-state index is 0.00820. The minimum Gasteiger partial charge on any atom is -0.355 e. The normalized spacial score (nSPS) is 16.5. The number of piperidine rings is 1. The van der Waals surface area contributed by atoms with Crippen LogP contribution in [0.4, 0.5) is 0 Å². The third kappa shape index (κ3) is 4.86. The Morgan fingerprint density at radius 1 is 1.29 bits per heavy atom. The van der Waals surface area contributed by atoms with Crippen molar-refractivity contribution in [1.82, 2.24) is 20.1 Å². The summed E-state index contributed by atoms with van der Waals surface area (Å²) < 4.78 is 0. The van der Waals surface area contributed by atoms with E-state index in [1.54, 1.807) is 0 Å². The second-order valence-electron chi connectivity index (χ2n) is 7.93. The number of nitrogens with one attached hydrogen (secondary N) is 2. The molecule has 28 heavy (non-hydrogen) atoms. The monoisotopic (exact) mass is 404 g/mol. The fourth-order valence-corrected chi connectivity index (χ4v) is 3.95. The van der Waals surface area contributed by atoms with Gasteiger partial charge in [-0.15, -0.1) is 0 Å². The first-order valence-corrected chi connectivity index (χ1v) is 10.2. The molecule has 0 radical (unpaired) electrons. The predicted octanol–water partition coefficient (Wildman–Crippen LogP) is 2.99. The van der Waals surface area contributed by atoms with Crippen molar-refractivity contribution in [2.75, 3.05) is 40.3 Å². The van der Waals surface area contributed by atoms with Gasteiger partial charge in [-0.3, -0.25) is 9.59 Å². The Morgan fingerprint density at radius 3 is 2.68 bits per heavy atom. The molecule has 0 aliphatic carbocycles. The van der Waals surface area contributed by atoms with E-state index in [9.17, 15) is 9.59 Å². The van der Waals surface area contributed by atoms with Crippen molar-refractivity contribution >= 4 is 34.3 Å². The number of nitrogens with zero attached hydrogens (tertiary/aromatic N) is 2. The van der Waals surface area contributed by atoms with Crippen molar-refractivity contribution in [2.24, 2.45) is 11.8 Å². The summed E-state index contributed by atoms with van der Waals surface area (Å²) in [5.41, 5.74) is 1.50. The van der Waals surface area contributed by atoms with Crippen LogP contribution < -0.4 is 5.32 Å². The zero-order chi connectivity index (χ0) is 20.3. The van der Waals surface area contributed by atoms with Crippen LogP contribution in [0.2, 0.25) is 5.02 Å². The molecule has 1 saturated heterocycles. The Bertz CT molecular complexity index is 840. The number of hydrogen-bond donors (Lipinski definition) is 2. The summed E-state index contributed by atoms with van der Waals surface area (Å²) in [5, 5.41) is 4.61. The first-order valence-electron chi connectivity index (χ1n) is 9.85. The number of H-pyrrole nitrogens is 1. The van der Waals surface area contributed by atoms with E-state index in [-0.39, 0.29) is 17.7 Å². The van der Waals surface area contributed by atoms with E-state index in [0.717, 1.165) is 30.3 Å². The van der Waals surface area contributed by atoms with Gasteiger partial charge in [0.25, 0.3) is 5.91 Å². The lowest BCUT2D eigenvalue weighted by atomic mass is 9.84. The van der Waals surface area contributed by atoms with Gasteiger partial charge in [-0.1, -0.05) is 18.5 Å². The maximum atomic E-state index is 12.8. The Morgan fingerprint density at radius 2 is 2.00 bits per heavy atom. The number of amides is 2. The molecule has 1 aromatic carbocycles. The molecule has 1 aromatic heterocycles. The average Bonchev–Trinajstić information content (AvgIpc) is 3.09. The van der Waals surface area contributed by atoms with Gasteiger partial charge in [0.1, 0.15) is 5.69 Å². The summed E-state index contributed by atoms with van der Waals surface area (Å²) in [6.07, 6.45) is 1.69. The third-order valence-corrected chi connectivity index (χ3v) is 5.85. The Hall–Kier alpha value is -2.05. The predicted molar refractivity (Wildman–Crippen MR) is 113 cm³/mol. The summed E-state index contributed by atoms with van der Waals surface area (Å²) in [6.45, 7) is 4.84. The molecule has 1 aliphatic heterocycles. The third-order valence-electron chi connectivity index (χ3n) is 5.62. The number of halogens is 1. The number of carbonyl (C=O) groups excluding carboxylic acids is 2. The van der Waals surface area contributed by atoms with E-state index < -0.39 is 0 Å². The topological polar surface area (TPSA) is 68.4 Å². The van der Waals surface area contributed by atoms with Crippen LogP contribution in [-0.4, -0.2) is 66.9 Å². The summed E-state index contributed by atoms with van der Waals surface area (Å²) in [6, 6.07) is 7.41.